The number of carbonyl (C=O) groups excluding carboxylic acids is 1. The molecule has 0 unspecified atom stereocenters. The Balaban J connectivity index is 1.96. The predicted octanol–water partition coefficient (Wildman–Crippen LogP) is 2.77. The number of fused-ring (bicyclic) bond motifs is 1. The van der Waals surface area contributed by atoms with Crippen LogP contribution in [0.5, 0.6) is 0 Å². The number of hydrogen-bond acceptors (Lipinski definition) is 4. The number of anilines is 2. The van der Waals surface area contributed by atoms with Crippen molar-refractivity contribution in [2.75, 3.05) is 11.1 Å². The van der Waals surface area contributed by atoms with Crippen molar-refractivity contribution in [3.8, 4) is 0 Å². The third-order valence-electron chi connectivity index (χ3n) is 3.14. The minimum atomic E-state index is -0.281. The van der Waals surface area contributed by atoms with Gasteiger partial charge in [-0.1, -0.05) is 12.1 Å². The van der Waals surface area contributed by atoms with Crippen LogP contribution >= 0.6 is 0 Å². The number of aromatic nitrogens is 2. The zero-order valence-electron chi connectivity index (χ0n) is 11.5. The van der Waals surface area contributed by atoms with Crippen molar-refractivity contribution in [3.63, 3.8) is 0 Å². The maximum absolute atomic E-state index is 12.3. The number of amides is 1. The van der Waals surface area contributed by atoms with E-state index in [2.05, 4.69) is 15.3 Å². The Hall–Kier alpha value is -2.95. The van der Waals surface area contributed by atoms with Crippen LogP contribution < -0.4 is 11.1 Å². The van der Waals surface area contributed by atoms with Crippen LogP contribution in [0.15, 0.2) is 48.7 Å². The molecule has 0 aliphatic carbocycles. The van der Waals surface area contributed by atoms with E-state index in [0.29, 0.717) is 11.2 Å². The van der Waals surface area contributed by atoms with Gasteiger partial charge in [0.1, 0.15) is 5.82 Å². The van der Waals surface area contributed by atoms with Crippen molar-refractivity contribution in [1.29, 1.82) is 0 Å². The van der Waals surface area contributed by atoms with Gasteiger partial charge in [0.25, 0.3) is 5.91 Å². The lowest BCUT2D eigenvalue weighted by Gasteiger charge is -2.08. The van der Waals surface area contributed by atoms with Crippen molar-refractivity contribution in [3.05, 3.63) is 59.8 Å². The first-order valence-electron chi connectivity index (χ1n) is 6.53. The smallest absolute Gasteiger partial charge is 0.259 e. The second-order valence-electron chi connectivity index (χ2n) is 4.79. The molecule has 2 heterocycles. The second-order valence-corrected chi connectivity index (χ2v) is 4.79. The number of aryl methyl sites for hydroxylation is 1. The lowest BCUT2D eigenvalue weighted by atomic mass is 10.1. The molecule has 3 aromatic rings. The fourth-order valence-corrected chi connectivity index (χ4v) is 2.12. The fraction of sp³-hybridized carbons (Fsp3) is 0.0625. The van der Waals surface area contributed by atoms with Gasteiger partial charge in [0.2, 0.25) is 0 Å². The highest BCUT2D eigenvalue weighted by molar-refractivity contribution is 6.08. The van der Waals surface area contributed by atoms with Crippen LogP contribution in [0.25, 0.3) is 11.0 Å². The molecule has 2 aromatic heterocycles. The minimum Gasteiger partial charge on any atom is -0.383 e. The molecule has 0 fully saturated rings. The maximum Gasteiger partial charge on any atom is 0.259 e. The molecule has 0 aliphatic rings. The van der Waals surface area contributed by atoms with E-state index in [1.54, 1.807) is 18.3 Å². The van der Waals surface area contributed by atoms with E-state index < -0.39 is 0 Å². The first kappa shape index (κ1) is 13.1. The lowest BCUT2D eigenvalue weighted by Crippen LogP contribution is -2.15. The van der Waals surface area contributed by atoms with Gasteiger partial charge in [0.05, 0.1) is 5.56 Å². The molecule has 5 heteroatoms. The van der Waals surface area contributed by atoms with Crippen LogP contribution in [-0.4, -0.2) is 15.9 Å². The molecular weight excluding hydrogens is 264 g/mol. The number of carbonyl (C=O) groups is 1. The van der Waals surface area contributed by atoms with E-state index in [1.807, 2.05) is 37.3 Å². The van der Waals surface area contributed by atoms with Gasteiger partial charge >= 0.3 is 0 Å². The standard InChI is InChI=1S/C16H14N4O/c1-10-4-2-6-12(8-10)19-16(21)13-9-11-5-3-7-18-15(11)20-14(13)17/h2-9H,1H3,(H,19,21)(H2,17,18,20). The molecule has 3 N–H and O–H groups in total. The van der Waals surface area contributed by atoms with Crippen molar-refractivity contribution < 1.29 is 4.79 Å². The summed E-state index contributed by atoms with van der Waals surface area (Å²) in [7, 11) is 0. The third-order valence-corrected chi connectivity index (χ3v) is 3.14. The van der Waals surface area contributed by atoms with Gasteiger partial charge in [-0.25, -0.2) is 9.97 Å². The van der Waals surface area contributed by atoms with E-state index in [0.717, 1.165) is 16.6 Å². The highest BCUT2D eigenvalue weighted by Crippen LogP contribution is 2.18. The Bertz CT molecular complexity index is 829. The number of hydrogen-bond donors (Lipinski definition) is 2. The zero-order valence-corrected chi connectivity index (χ0v) is 11.5. The average Bonchev–Trinajstić information content (AvgIpc) is 2.46. The molecule has 0 radical (unpaired) electrons. The Morgan fingerprint density at radius 1 is 1.19 bits per heavy atom. The maximum atomic E-state index is 12.3. The van der Waals surface area contributed by atoms with Crippen molar-refractivity contribution in [1.82, 2.24) is 9.97 Å². The zero-order chi connectivity index (χ0) is 14.8. The SMILES string of the molecule is Cc1cccc(NC(=O)c2cc3cccnc3nc2N)c1. The largest absolute Gasteiger partial charge is 0.383 e. The molecule has 3 rings (SSSR count). The van der Waals surface area contributed by atoms with Crippen LogP contribution in [0.2, 0.25) is 0 Å². The first-order chi connectivity index (χ1) is 10.1. The van der Waals surface area contributed by atoms with E-state index in [1.165, 1.54) is 0 Å². The number of nitrogen functional groups attached to an aromatic ring is 1. The number of nitrogens with two attached hydrogens (primary N) is 1. The van der Waals surface area contributed by atoms with Crippen LogP contribution in [-0.2, 0) is 0 Å². The van der Waals surface area contributed by atoms with Crippen LogP contribution in [0.1, 0.15) is 15.9 Å². The second kappa shape index (κ2) is 5.20. The highest BCUT2D eigenvalue weighted by atomic mass is 16.1. The Kier molecular flexibility index (Phi) is 3.23. The number of nitrogens with zero attached hydrogens (tertiary/aromatic N) is 2. The van der Waals surface area contributed by atoms with E-state index in [9.17, 15) is 4.79 Å². The van der Waals surface area contributed by atoms with Crippen LogP contribution in [0, 0.1) is 6.92 Å². The molecule has 0 aliphatic heterocycles. The molecule has 0 bridgehead atoms. The summed E-state index contributed by atoms with van der Waals surface area (Å²) >= 11 is 0. The van der Waals surface area contributed by atoms with Crippen LogP contribution in [0.3, 0.4) is 0 Å². The van der Waals surface area contributed by atoms with Gasteiger partial charge < -0.3 is 11.1 Å². The van der Waals surface area contributed by atoms with Crippen molar-refractivity contribution in [2.45, 2.75) is 6.92 Å². The Morgan fingerprint density at radius 3 is 2.86 bits per heavy atom. The average molecular weight is 278 g/mol. The summed E-state index contributed by atoms with van der Waals surface area (Å²) in [6, 6.07) is 12.9. The molecule has 21 heavy (non-hydrogen) atoms. The summed E-state index contributed by atoms with van der Waals surface area (Å²) in [5, 5.41) is 3.60. The van der Waals surface area contributed by atoms with Crippen molar-refractivity contribution >= 4 is 28.4 Å². The number of nitrogens with one attached hydrogen (secondary N) is 1. The van der Waals surface area contributed by atoms with Gasteiger partial charge in [0.15, 0.2) is 5.65 Å². The molecule has 0 spiro atoms. The van der Waals surface area contributed by atoms with E-state index >= 15 is 0 Å². The highest BCUT2D eigenvalue weighted by Gasteiger charge is 2.13. The molecule has 0 saturated heterocycles. The lowest BCUT2D eigenvalue weighted by molar-refractivity contribution is 0.102. The number of rotatable bonds is 2. The molecular formula is C16H14N4O. The molecule has 0 saturated carbocycles. The van der Waals surface area contributed by atoms with Gasteiger partial charge in [-0.15, -0.1) is 0 Å². The van der Waals surface area contributed by atoms with Crippen molar-refractivity contribution in [2.24, 2.45) is 0 Å². The first-order valence-corrected chi connectivity index (χ1v) is 6.53. The molecule has 1 amide bonds. The van der Waals surface area contributed by atoms with Gasteiger partial charge in [-0.05, 0) is 42.8 Å². The summed E-state index contributed by atoms with van der Waals surface area (Å²) in [6.07, 6.45) is 1.64. The third kappa shape index (κ3) is 2.67. The predicted molar refractivity (Wildman–Crippen MR) is 83.1 cm³/mol. The number of benzene rings is 1. The number of pyridine rings is 2. The monoisotopic (exact) mass is 278 g/mol. The van der Waals surface area contributed by atoms with E-state index in [-0.39, 0.29) is 11.7 Å². The minimum absolute atomic E-state index is 0.173. The summed E-state index contributed by atoms with van der Waals surface area (Å²) in [6.45, 7) is 1.97. The molecule has 5 nitrogen and oxygen atoms in total. The molecule has 104 valence electrons. The van der Waals surface area contributed by atoms with E-state index in [4.69, 9.17) is 5.73 Å². The summed E-state index contributed by atoms with van der Waals surface area (Å²) in [4.78, 5) is 20.6. The molecule has 1 aromatic carbocycles. The summed E-state index contributed by atoms with van der Waals surface area (Å²) in [5.74, 6) is -0.109. The summed E-state index contributed by atoms with van der Waals surface area (Å²) < 4.78 is 0. The summed E-state index contributed by atoms with van der Waals surface area (Å²) in [5.41, 5.74) is 8.53. The topological polar surface area (TPSA) is 80.9 Å². The normalized spacial score (nSPS) is 10.5. The fourth-order valence-electron chi connectivity index (χ4n) is 2.12. The van der Waals surface area contributed by atoms with Crippen LogP contribution in [0.4, 0.5) is 11.5 Å². The van der Waals surface area contributed by atoms with Gasteiger partial charge in [0, 0.05) is 17.3 Å². The Morgan fingerprint density at radius 2 is 2.05 bits per heavy atom. The van der Waals surface area contributed by atoms with Gasteiger partial charge in [-0.2, -0.15) is 0 Å². The molecule has 0 atom stereocenters. The van der Waals surface area contributed by atoms with Gasteiger partial charge in [-0.3, -0.25) is 4.79 Å². The quantitative estimate of drug-likeness (QED) is 0.755. The Labute approximate surface area is 121 Å².